The molecule has 0 unspecified atom stereocenters. The molecular formula is C27H25N5O10S. The van der Waals surface area contributed by atoms with Crippen molar-refractivity contribution in [3.63, 3.8) is 0 Å². The number of nitro benzene ring substituents is 2. The van der Waals surface area contributed by atoms with Crippen LogP contribution < -0.4 is 20.2 Å². The molecular weight excluding hydrogens is 586 g/mol. The van der Waals surface area contributed by atoms with Crippen molar-refractivity contribution in [1.82, 2.24) is 5.43 Å². The van der Waals surface area contributed by atoms with E-state index in [2.05, 4.69) is 15.8 Å². The molecule has 2 N–H and O–H groups in total. The number of nitrogens with one attached hydrogen (secondary N) is 2. The second kappa shape index (κ2) is 13.1. The van der Waals surface area contributed by atoms with Crippen LogP contribution in [0.5, 0.6) is 17.2 Å². The first-order chi connectivity index (χ1) is 20.5. The second-order valence-corrected chi connectivity index (χ2v) is 10.1. The van der Waals surface area contributed by atoms with Gasteiger partial charge in [0.15, 0.2) is 11.5 Å². The van der Waals surface area contributed by atoms with Gasteiger partial charge in [0.2, 0.25) is 5.75 Å². The van der Waals surface area contributed by atoms with Crippen LogP contribution >= 0.6 is 11.3 Å². The zero-order valence-corrected chi connectivity index (χ0v) is 23.9. The van der Waals surface area contributed by atoms with Gasteiger partial charge in [0, 0.05) is 16.5 Å². The molecule has 0 spiro atoms. The van der Waals surface area contributed by atoms with Gasteiger partial charge >= 0.3 is 23.5 Å². The van der Waals surface area contributed by atoms with E-state index in [9.17, 15) is 34.6 Å². The first-order valence-electron chi connectivity index (χ1n) is 12.8. The fraction of sp³-hybridized carbons (Fsp3) is 0.259. The number of carbonyl (C=O) groups excluding carboxylic acids is 3. The summed E-state index contributed by atoms with van der Waals surface area (Å²) in [5, 5.41) is 29.1. The maximum absolute atomic E-state index is 12.6. The molecule has 4 rings (SSSR count). The quantitative estimate of drug-likeness (QED) is 0.108. The highest BCUT2D eigenvalue weighted by atomic mass is 32.1. The molecule has 0 saturated heterocycles. The number of fused-ring (bicyclic) bond motifs is 1. The minimum Gasteiger partial charge on any atom is -0.493 e. The van der Waals surface area contributed by atoms with Crippen molar-refractivity contribution >= 4 is 51.2 Å². The van der Waals surface area contributed by atoms with E-state index in [1.165, 1.54) is 36.6 Å². The summed E-state index contributed by atoms with van der Waals surface area (Å²) in [4.78, 5) is 59.5. The van der Waals surface area contributed by atoms with Gasteiger partial charge in [0.25, 0.3) is 5.69 Å². The van der Waals surface area contributed by atoms with E-state index in [0.717, 1.165) is 41.5 Å². The van der Waals surface area contributed by atoms with E-state index in [4.69, 9.17) is 14.2 Å². The van der Waals surface area contributed by atoms with Crippen molar-refractivity contribution in [1.29, 1.82) is 0 Å². The molecule has 3 aromatic rings. The smallest absolute Gasteiger partial charge is 0.341 e. The summed E-state index contributed by atoms with van der Waals surface area (Å²) in [5.41, 5.74) is 2.92. The molecule has 0 fully saturated rings. The molecule has 1 aliphatic rings. The van der Waals surface area contributed by atoms with Crippen molar-refractivity contribution in [2.45, 2.75) is 33.1 Å². The second-order valence-electron chi connectivity index (χ2n) is 9.01. The first kappa shape index (κ1) is 30.6. The van der Waals surface area contributed by atoms with Gasteiger partial charge in [-0.2, -0.15) is 5.10 Å². The van der Waals surface area contributed by atoms with Crippen LogP contribution in [0.15, 0.2) is 41.5 Å². The van der Waals surface area contributed by atoms with Crippen molar-refractivity contribution in [3.8, 4) is 17.2 Å². The number of non-ortho nitro benzene ring substituents is 1. The summed E-state index contributed by atoms with van der Waals surface area (Å²) >= 11 is 1.24. The number of nitrogens with zero attached hydrogens (tertiary/aromatic N) is 3. The highest BCUT2D eigenvalue weighted by Crippen LogP contribution is 2.40. The summed E-state index contributed by atoms with van der Waals surface area (Å²) in [6.07, 6.45) is 2.35. The number of anilines is 1. The third-order valence-corrected chi connectivity index (χ3v) is 7.52. The lowest BCUT2D eigenvalue weighted by atomic mass is 10.1. The van der Waals surface area contributed by atoms with Gasteiger partial charge in [-0.3, -0.25) is 29.8 Å². The van der Waals surface area contributed by atoms with Crippen LogP contribution in [0.4, 0.5) is 16.4 Å². The fourth-order valence-electron chi connectivity index (χ4n) is 4.27. The lowest BCUT2D eigenvalue weighted by molar-refractivity contribution is -0.394. The fourth-order valence-corrected chi connectivity index (χ4v) is 5.54. The molecule has 43 heavy (non-hydrogen) atoms. The number of aryl methyl sites for hydroxylation is 1. The molecule has 16 heteroatoms. The summed E-state index contributed by atoms with van der Waals surface area (Å²) < 4.78 is 16.1. The van der Waals surface area contributed by atoms with Crippen LogP contribution in [0.25, 0.3) is 0 Å². The molecule has 1 heterocycles. The molecule has 0 atom stereocenters. The zero-order valence-electron chi connectivity index (χ0n) is 23.1. The predicted octanol–water partition coefficient (Wildman–Crippen LogP) is 4.51. The van der Waals surface area contributed by atoms with Crippen LogP contribution in [0.1, 0.15) is 46.6 Å². The SMILES string of the molecule is CCOC(=O)c1c(NC(=O)C(=O)NN=C(C)c2ccc(Oc3ccc([N+](=O)[O-])cc3[N+](=O)[O-])c(OC)c2)sc2c1CCC2. The minimum atomic E-state index is -1.07. The minimum absolute atomic E-state index is 0.0691. The number of methoxy groups -OCH3 is 1. The molecule has 0 bridgehead atoms. The van der Waals surface area contributed by atoms with Crippen LogP contribution in [0, 0.1) is 20.2 Å². The Hall–Kier alpha value is -5.38. The highest BCUT2D eigenvalue weighted by molar-refractivity contribution is 7.17. The lowest BCUT2D eigenvalue weighted by Gasteiger charge is -2.12. The molecule has 0 radical (unpaired) electrons. The van der Waals surface area contributed by atoms with Gasteiger partial charge in [-0.1, -0.05) is 0 Å². The third kappa shape index (κ3) is 6.75. The Labute approximate surface area is 247 Å². The maximum atomic E-state index is 12.6. The van der Waals surface area contributed by atoms with Gasteiger partial charge in [0.05, 0.1) is 40.9 Å². The summed E-state index contributed by atoms with van der Waals surface area (Å²) in [5.74, 6) is -2.68. The Morgan fingerprint density at radius 1 is 1.00 bits per heavy atom. The van der Waals surface area contributed by atoms with Gasteiger partial charge in [-0.15, -0.1) is 11.3 Å². The Balaban J connectivity index is 1.47. The number of hydrogen-bond donors (Lipinski definition) is 2. The number of thiophene rings is 1. The van der Waals surface area contributed by atoms with Crippen molar-refractivity contribution in [3.05, 3.63) is 78.2 Å². The Kier molecular flexibility index (Phi) is 9.29. The number of amides is 2. The zero-order chi connectivity index (χ0) is 31.3. The summed E-state index contributed by atoms with van der Waals surface area (Å²) in [7, 11) is 1.33. The van der Waals surface area contributed by atoms with E-state index >= 15 is 0 Å². The van der Waals surface area contributed by atoms with Gasteiger partial charge in [-0.25, -0.2) is 10.2 Å². The van der Waals surface area contributed by atoms with E-state index in [-0.39, 0.29) is 40.1 Å². The number of nitro groups is 2. The number of hydrazone groups is 1. The topological polar surface area (TPSA) is 202 Å². The Morgan fingerprint density at radius 2 is 1.74 bits per heavy atom. The molecule has 2 amide bonds. The Bertz CT molecular complexity index is 1670. The normalized spacial score (nSPS) is 12.2. The van der Waals surface area contributed by atoms with Gasteiger partial charge in [0.1, 0.15) is 5.00 Å². The van der Waals surface area contributed by atoms with E-state index in [1.807, 2.05) is 0 Å². The average Bonchev–Trinajstić information content (AvgIpc) is 3.56. The summed E-state index contributed by atoms with van der Waals surface area (Å²) in [6.45, 7) is 3.40. The number of hydrogen-bond acceptors (Lipinski definition) is 12. The van der Waals surface area contributed by atoms with E-state index in [0.29, 0.717) is 12.0 Å². The van der Waals surface area contributed by atoms with Crippen molar-refractivity contribution in [2.75, 3.05) is 19.0 Å². The van der Waals surface area contributed by atoms with Crippen molar-refractivity contribution < 1.29 is 38.4 Å². The molecule has 1 aromatic heterocycles. The lowest BCUT2D eigenvalue weighted by Crippen LogP contribution is -2.33. The Morgan fingerprint density at radius 3 is 2.42 bits per heavy atom. The molecule has 15 nitrogen and oxygen atoms in total. The molecule has 0 saturated carbocycles. The van der Waals surface area contributed by atoms with Crippen LogP contribution in [0.2, 0.25) is 0 Å². The maximum Gasteiger partial charge on any atom is 0.341 e. The molecule has 224 valence electrons. The van der Waals surface area contributed by atoms with Crippen molar-refractivity contribution in [2.24, 2.45) is 5.10 Å². The third-order valence-electron chi connectivity index (χ3n) is 6.31. The first-order valence-corrected chi connectivity index (χ1v) is 13.6. The number of benzene rings is 2. The predicted molar refractivity (Wildman–Crippen MR) is 154 cm³/mol. The standard InChI is InChI=1S/C27H25N5O10S/c1-4-41-27(35)23-17-6-5-7-22(17)43-26(23)28-24(33)25(34)30-29-14(2)15-8-10-20(21(12-15)40-3)42-19-11-9-16(31(36)37)13-18(19)32(38)39/h8-13H,4-7H2,1-3H3,(H,28,33)(H,30,34). The number of ether oxygens (including phenoxy) is 3. The number of esters is 1. The highest BCUT2D eigenvalue weighted by Gasteiger charge is 2.29. The van der Waals surface area contributed by atoms with Gasteiger partial charge in [-0.05, 0) is 62.9 Å². The van der Waals surface area contributed by atoms with Gasteiger partial charge < -0.3 is 19.5 Å². The van der Waals surface area contributed by atoms with E-state index in [1.54, 1.807) is 13.8 Å². The molecule has 1 aliphatic carbocycles. The molecule has 0 aliphatic heterocycles. The van der Waals surface area contributed by atoms with Crippen LogP contribution in [-0.4, -0.2) is 47.1 Å². The summed E-state index contributed by atoms with van der Waals surface area (Å²) in [6, 6.07) is 7.40. The largest absolute Gasteiger partial charge is 0.493 e. The van der Waals surface area contributed by atoms with Crippen LogP contribution in [-0.2, 0) is 27.2 Å². The average molecular weight is 612 g/mol. The monoisotopic (exact) mass is 611 g/mol. The number of rotatable bonds is 10. The number of carbonyl (C=O) groups is 3. The van der Waals surface area contributed by atoms with Crippen LogP contribution in [0.3, 0.4) is 0 Å². The van der Waals surface area contributed by atoms with E-state index < -0.39 is 39.0 Å². The molecule has 2 aromatic carbocycles.